The Labute approximate surface area is 228 Å². The zero-order valence-corrected chi connectivity index (χ0v) is 23.3. The van der Waals surface area contributed by atoms with Crippen LogP contribution in [0, 0.1) is 37.0 Å². The molecule has 38 heavy (non-hydrogen) atoms. The van der Waals surface area contributed by atoms with Crippen molar-refractivity contribution >= 4 is 29.2 Å². The first-order chi connectivity index (χ1) is 18.2. The van der Waals surface area contributed by atoms with Crippen molar-refractivity contribution in [1.29, 1.82) is 0 Å². The fourth-order valence-corrected chi connectivity index (χ4v) is 7.71. The number of nitrogens with zero attached hydrogens (tertiary/aromatic N) is 6. The number of halogens is 1. The molecule has 0 N–H and O–H groups in total. The summed E-state index contributed by atoms with van der Waals surface area (Å²) in [5, 5.41) is 13.4. The highest BCUT2D eigenvalue weighted by Gasteiger charge is 2.51. The first kappa shape index (κ1) is 25.3. The van der Waals surface area contributed by atoms with Crippen LogP contribution in [0.4, 0.5) is 11.6 Å². The third-order valence-corrected chi connectivity index (χ3v) is 9.37. The van der Waals surface area contributed by atoms with Crippen molar-refractivity contribution in [2.24, 2.45) is 23.2 Å². The number of hydrogen-bond donors (Lipinski definition) is 0. The number of carbonyl (C=O) groups is 1. The Balaban J connectivity index is 1.33. The van der Waals surface area contributed by atoms with Crippen LogP contribution in [0.5, 0.6) is 0 Å². The normalized spacial score (nSPS) is 25.6. The molecule has 4 aliphatic rings. The highest BCUT2D eigenvalue weighted by atomic mass is 35.5. The molecule has 0 saturated heterocycles. The van der Waals surface area contributed by atoms with Gasteiger partial charge in [0.25, 0.3) is 0 Å². The molecule has 4 saturated carbocycles. The number of esters is 1. The molecule has 0 spiro atoms. The van der Waals surface area contributed by atoms with Crippen molar-refractivity contribution in [1.82, 2.24) is 25.0 Å². The summed E-state index contributed by atoms with van der Waals surface area (Å²) in [7, 11) is 1.84. The molecule has 3 aromatic heterocycles. The molecular weight excluding hydrogens is 500 g/mol. The van der Waals surface area contributed by atoms with Crippen LogP contribution in [0.3, 0.4) is 0 Å². The van der Waals surface area contributed by atoms with Gasteiger partial charge in [0, 0.05) is 30.4 Å². The first-order valence-electron chi connectivity index (χ1n) is 13.7. The molecule has 0 unspecified atom stereocenters. The topological polar surface area (TPSA) is 86.0 Å². The number of aromatic nitrogens is 5. The second-order valence-corrected chi connectivity index (χ2v) is 12.1. The van der Waals surface area contributed by atoms with Crippen molar-refractivity contribution in [3.63, 3.8) is 0 Å². The Hall–Kier alpha value is -3.00. The average Bonchev–Trinajstić information content (AvgIpc) is 3.23. The van der Waals surface area contributed by atoms with E-state index in [0.717, 1.165) is 46.7 Å². The molecule has 4 bridgehead atoms. The molecule has 0 aliphatic heterocycles. The van der Waals surface area contributed by atoms with E-state index in [2.05, 4.69) is 21.8 Å². The summed E-state index contributed by atoms with van der Waals surface area (Å²) in [5.74, 6) is 3.39. The Bertz CT molecular complexity index is 1350. The molecule has 4 fully saturated rings. The number of ether oxygens (including phenoxy) is 1. The Morgan fingerprint density at radius 1 is 1.08 bits per heavy atom. The number of aryl methyl sites for hydroxylation is 1. The van der Waals surface area contributed by atoms with Crippen molar-refractivity contribution in [3.8, 4) is 11.1 Å². The van der Waals surface area contributed by atoms with E-state index in [-0.39, 0.29) is 12.3 Å². The monoisotopic (exact) mass is 534 g/mol. The molecular formula is C29H35ClN6O2. The van der Waals surface area contributed by atoms with Gasteiger partial charge in [-0.1, -0.05) is 11.6 Å². The number of pyridine rings is 1. The molecule has 0 amide bonds. The van der Waals surface area contributed by atoms with Gasteiger partial charge in [0.1, 0.15) is 5.82 Å². The molecule has 4 aliphatic carbocycles. The number of hydrogen-bond acceptors (Lipinski definition) is 7. The Morgan fingerprint density at radius 3 is 2.39 bits per heavy atom. The van der Waals surface area contributed by atoms with Gasteiger partial charge >= 0.3 is 5.97 Å². The lowest BCUT2D eigenvalue weighted by atomic mass is 9.49. The van der Waals surface area contributed by atoms with Gasteiger partial charge in [-0.25, -0.2) is 9.78 Å². The van der Waals surface area contributed by atoms with Crippen molar-refractivity contribution in [2.75, 3.05) is 18.6 Å². The molecule has 0 aromatic carbocycles. The van der Waals surface area contributed by atoms with Crippen LogP contribution >= 0.6 is 11.6 Å². The molecule has 7 rings (SSSR count). The van der Waals surface area contributed by atoms with Crippen molar-refractivity contribution in [2.45, 2.75) is 65.8 Å². The highest BCUT2D eigenvalue weighted by molar-refractivity contribution is 6.30. The molecule has 0 radical (unpaired) electrons. The van der Waals surface area contributed by atoms with E-state index >= 15 is 0 Å². The maximum atomic E-state index is 13.1. The lowest BCUT2D eigenvalue weighted by Gasteiger charge is -2.56. The van der Waals surface area contributed by atoms with E-state index in [0.29, 0.717) is 22.2 Å². The van der Waals surface area contributed by atoms with Crippen LogP contribution in [0.15, 0.2) is 24.4 Å². The molecule has 9 heteroatoms. The predicted molar refractivity (Wildman–Crippen MR) is 147 cm³/mol. The quantitative estimate of drug-likeness (QED) is 0.335. The van der Waals surface area contributed by atoms with Gasteiger partial charge in [-0.2, -0.15) is 5.10 Å². The summed E-state index contributed by atoms with van der Waals surface area (Å²) in [5.41, 5.74) is 4.17. The van der Waals surface area contributed by atoms with Crippen LogP contribution in [-0.2, 0) is 11.3 Å². The summed E-state index contributed by atoms with van der Waals surface area (Å²) >= 11 is 6.06. The summed E-state index contributed by atoms with van der Waals surface area (Å²) in [6.45, 7) is 7.00. The number of carbonyl (C=O) groups excluding carboxylic acids is 1. The van der Waals surface area contributed by atoms with Crippen LogP contribution < -0.4 is 4.90 Å². The summed E-state index contributed by atoms with van der Waals surface area (Å²) in [6.07, 6.45) is 10.2. The second-order valence-electron chi connectivity index (χ2n) is 11.7. The van der Waals surface area contributed by atoms with E-state index in [4.69, 9.17) is 26.4 Å². The zero-order chi connectivity index (χ0) is 26.6. The SMILES string of the molecule is CCOC(=O)c1nc(N(C)c2cc(C)c(Cl)nn2)ccc1-c1cnn(CC23CC4CC(CC(C4)C2)C3)c1C. The number of rotatable bonds is 7. The second kappa shape index (κ2) is 9.63. The number of anilines is 2. The van der Waals surface area contributed by atoms with E-state index in [1.54, 1.807) is 11.8 Å². The fraction of sp³-hybridized carbons (Fsp3) is 0.552. The third-order valence-electron chi connectivity index (χ3n) is 8.99. The molecule has 3 heterocycles. The average molecular weight is 535 g/mol. The minimum atomic E-state index is -0.454. The van der Waals surface area contributed by atoms with Gasteiger partial charge in [-0.15, -0.1) is 10.2 Å². The maximum Gasteiger partial charge on any atom is 0.357 e. The summed E-state index contributed by atoms with van der Waals surface area (Å²) in [4.78, 5) is 19.6. The van der Waals surface area contributed by atoms with Gasteiger partial charge in [0.2, 0.25) is 0 Å². The molecule has 8 nitrogen and oxygen atoms in total. The van der Waals surface area contributed by atoms with Crippen LogP contribution in [0.25, 0.3) is 11.1 Å². The van der Waals surface area contributed by atoms with Gasteiger partial charge in [-0.3, -0.25) is 4.68 Å². The third kappa shape index (κ3) is 4.46. The first-order valence-corrected chi connectivity index (χ1v) is 14.1. The largest absolute Gasteiger partial charge is 0.461 e. The van der Waals surface area contributed by atoms with E-state index in [1.165, 1.54) is 38.5 Å². The van der Waals surface area contributed by atoms with Crippen molar-refractivity contribution < 1.29 is 9.53 Å². The smallest absolute Gasteiger partial charge is 0.357 e. The zero-order valence-electron chi connectivity index (χ0n) is 22.6. The maximum absolute atomic E-state index is 13.1. The van der Waals surface area contributed by atoms with Crippen LogP contribution in [-0.4, -0.2) is 44.6 Å². The van der Waals surface area contributed by atoms with E-state index in [9.17, 15) is 4.79 Å². The fourth-order valence-electron chi connectivity index (χ4n) is 7.62. The Kier molecular flexibility index (Phi) is 6.41. The lowest BCUT2D eigenvalue weighted by molar-refractivity contribution is -0.0638. The van der Waals surface area contributed by atoms with Gasteiger partial charge < -0.3 is 9.64 Å². The van der Waals surface area contributed by atoms with Gasteiger partial charge in [0.05, 0.1) is 12.8 Å². The summed E-state index contributed by atoms with van der Waals surface area (Å²) < 4.78 is 7.58. The predicted octanol–water partition coefficient (Wildman–Crippen LogP) is 6.17. The molecule has 200 valence electrons. The molecule has 0 atom stereocenters. The van der Waals surface area contributed by atoms with Crippen molar-refractivity contribution in [3.05, 3.63) is 46.5 Å². The summed E-state index contributed by atoms with van der Waals surface area (Å²) in [6, 6.07) is 5.66. The van der Waals surface area contributed by atoms with Crippen LogP contribution in [0.1, 0.15) is 67.2 Å². The molecule has 3 aromatic rings. The van der Waals surface area contributed by atoms with Gasteiger partial charge in [-0.05, 0) is 106 Å². The minimum Gasteiger partial charge on any atom is -0.461 e. The van der Waals surface area contributed by atoms with E-state index in [1.807, 2.05) is 38.4 Å². The van der Waals surface area contributed by atoms with E-state index < -0.39 is 5.97 Å². The minimum absolute atomic E-state index is 0.270. The van der Waals surface area contributed by atoms with Crippen LogP contribution in [0.2, 0.25) is 5.15 Å². The Morgan fingerprint density at radius 2 is 1.76 bits per heavy atom. The van der Waals surface area contributed by atoms with Gasteiger partial charge in [0.15, 0.2) is 16.7 Å². The standard InChI is InChI=1S/C29H35ClN6O2/c1-5-38-28(37)26-22(6-7-24(32-26)35(4)25-8-17(2)27(30)34-33-25)23-15-31-36(18(23)3)16-29-12-19-9-20(13-29)11-21(10-19)14-29/h6-8,15,19-21H,5,9-14,16H2,1-4H3. The highest BCUT2D eigenvalue weighted by Crippen LogP contribution is 2.60. The lowest BCUT2D eigenvalue weighted by Crippen LogP contribution is -2.48.